The number of ketones is 1. The van der Waals surface area contributed by atoms with E-state index in [0.717, 1.165) is 11.1 Å². The second-order valence-electron chi connectivity index (χ2n) is 12.5. The Balaban J connectivity index is 1.52. The molecule has 242 valence electrons. The molecule has 2 amide bonds. The molecule has 1 aliphatic heterocycles. The van der Waals surface area contributed by atoms with Gasteiger partial charge in [0.25, 0.3) is 0 Å². The van der Waals surface area contributed by atoms with Crippen molar-refractivity contribution in [3.8, 4) is 17.2 Å². The van der Waals surface area contributed by atoms with Crippen LogP contribution in [0, 0.1) is 11.8 Å². The lowest BCUT2D eigenvalue weighted by Gasteiger charge is -2.39. The number of anilines is 1. The van der Waals surface area contributed by atoms with Crippen molar-refractivity contribution in [2.24, 2.45) is 11.8 Å². The molecule has 1 saturated carbocycles. The van der Waals surface area contributed by atoms with Gasteiger partial charge in [0.15, 0.2) is 5.78 Å². The van der Waals surface area contributed by atoms with Gasteiger partial charge in [0.2, 0.25) is 11.8 Å². The molecule has 2 aliphatic carbocycles. The van der Waals surface area contributed by atoms with E-state index in [2.05, 4.69) is 0 Å². The van der Waals surface area contributed by atoms with Crippen molar-refractivity contribution in [1.82, 2.24) is 0 Å². The molecule has 5 aromatic carbocycles. The Labute approximate surface area is 284 Å². The Bertz CT molecular complexity index is 2000. The first-order valence-electron chi connectivity index (χ1n) is 16.1. The molecule has 5 aromatic rings. The largest absolute Gasteiger partial charge is 0.497 e. The van der Waals surface area contributed by atoms with Gasteiger partial charge in [-0.05, 0) is 81.9 Å². The summed E-state index contributed by atoms with van der Waals surface area (Å²) in [6, 6.07) is 41.0. The zero-order chi connectivity index (χ0) is 33.9. The molecule has 0 radical (unpaired) electrons. The molecule has 1 heterocycles. The normalized spacial score (nSPS) is 24.0. The molecule has 7 nitrogen and oxygen atoms in total. The number of allylic oxidation sites excluding steroid dienone is 2. The summed E-state index contributed by atoms with van der Waals surface area (Å²) in [5.74, 6) is -1.11. The van der Waals surface area contributed by atoms with Crippen LogP contribution < -0.4 is 19.1 Å². The number of hydrogen-bond donors (Lipinski definition) is 0. The van der Waals surface area contributed by atoms with E-state index in [-0.39, 0.29) is 5.78 Å². The summed E-state index contributed by atoms with van der Waals surface area (Å²) >= 11 is 0. The lowest BCUT2D eigenvalue weighted by molar-refractivity contribution is -0.130. The molecule has 8 rings (SSSR count). The average molecular weight is 648 g/mol. The minimum atomic E-state index is -1.50. The van der Waals surface area contributed by atoms with Gasteiger partial charge < -0.3 is 14.2 Å². The minimum absolute atomic E-state index is 0.180. The summed E-state index contributed by atoms with van der Waals surface area (Å²) in [5.41, 5.74) is 1.71. The molecule has 4 atom stereocenters. The molecule has 0 aromatic heterocycles. The number of fused-ring (bicyclic) bond motifs is 5. The fraction of sp³-hybridized carbons (Fsp3) is 0.167. The quantitative estimate of drug-likeness (QED) is 0.171. The van der Waals surface area contributed by atoms with Gasteiger partial charge in [-0.15, -0.1) is 0 Å². The van der Waals surface area contributed by atoms with Gasteiger partial charge in [-0.25, -0.2) is 4.90 Å². The number of amides is 2. The number of hydrogen-bond acceptors (Lipinski definition) is 6. The van der Waals surface area contributed by atoms with Crippen LogP contribution in [0.15, 0.2) is 133 Å². The van der Waals surface area contributed by atoms with Crippen LogP contribution in [0.2, 0.25) is 0 Å². The molecular formula is C42H33NO6. The molecule has 49 heavy (non-hydrogen) atoms. The second kappa shape index (κ2) is 11.3. The fourth-order valence-electron chi connectivity index (χ4n) is 8.63. The average Bonchev–Trinajstić information content (AvgIpc) is 3.67. The van der Waals surface area contributed by atoms with Crippen molar-refractivity contribution in [1.29, 1.82) is 0 Å². The van der Waals surface area contributed by atoms with Gasteiger partial charge in [-0.2, -0.15) is 0 Å². The number of imide groups is 1. The van der Waals surface area contributed by atoms with Crippen LogP contribution in [-0.4, -0.2) is 38.9 Å². The number of ether oxygens (including phenoxy) is 3. The summed E-state index contributed by atoms with van der Waals surface area (Å²) in [6.45, 7) is 0. The topological polar surface area (TPSA) is 82.1 Å². The molecule has 7 heteroatoms. The van der Waals surface area contributed by atoms with E-state index in [4.69, 9.17) is 14.2 Å². The Morgan fingerprint density at radius 3 is 1.16 bits per heavy atom. The number of benzene rings is 5. The maximum atomic E-state index is 16.0. The van der Waals surface area contributed by atoms with Crippen LogP contribution >= 0.6 is 0 Å². The number of Topliss-reactive ketones (excluding diaryl/α,β-unsaturated/α-hetero) is 1. The Hall–Kier alpha value is -5.95. The van der Waals surface area contributed by atoms with E-state index < -0.39 is 34.5 Å². The van der Waals surface area contributed by atoms with E-state index >= 15 is 14.4 Å². The third-order valence-electron chi connectivity index (χ3n) is 10.5. The molecule has 2 fully saturated rings. The van der Waals surface area contributed by atoms with E-state index in [9.17, 15) is 0 Å². The molecule has 1 saturated heterocycles. The number of methoxy groups -OCH3 is 3. The summed E-state index contributed by atoms with van der Waals surface area (Å²) in [7, 11) is 4.78. The third kappa shape index (κ3) is 3.99. The molecule has 0 N–H and O–H groups in total. The molecule has 0 spiro atoms. The van der Waals surface area contributed by atoms with Crippen molar-refractivity contribution in [3.05, 3.63) is 156 Å². The van der Waals surface area contributed by atoms with Crippen LogP contribution in [-0.2, 0) is 25.2 Å². The summed E-state index contributed by atoms with van der Waals surface area (Å²) < 4.78 is 16.4. The maximum Gasteiger partial charge on any atom is 0.239 e. The first-order chi connectivity index (χ1) is 23.9. The van der Waals surface area contributed by atoms with Crippen molar-refractivity contribution < 1.29 is 28.6 Å². The van der Waals surface area contributed by atoms with Crippen molar-refractivity contribution >= 4 is 34.4 Å². The highest BCUT2D eigenvalue weighted by Gasteiger charge is 2.82. The van der Waals surface area contributed by atoms with Crippen molar-refractivity contribution in [2.75, 3.05) is 26.2 Å². The van der Waals surface area contributed by atoms with Crippen LogP contribution in [0.25, 0.3) is 11.1 Å². The number of carbonyl (C=O) groups is 3. The Morgan fingerprint density at radius 2 is 0.816 bits per heavy atom. The van der Waals surface area contributed by atoms with Crippen LogP contribution in [0.5, 0.6) is 17.2 Å². The summed E-state index contributed by atoms with van der Waals surface area (Å²) in [5, 5.41) is 0. The molecular weight excluding hydrogens is 614 g/mol. The highest BCUT2D eigenvalue weighted by atomic mass is 16.5. The van der Waals surface area contributed by atoms with E-state index in [1.54, 1.807) is 45.6 Å². The smallest absolute Gasteiger partial charge is 0.239 e. The second-order valence-corrected chi connectivity index (χ2v) is 12.5. The van der Waals surface area contributed by atoms with Crippen LogP contribution in [0.3, 0.4) is 0 Å². The fourth-order valence-corrected chi connectivity index (χ4v) is 8.63. The van der Waals surface area contributed by atoms with E-state index in [1.165, 1.54) is 4.90 Å². The Morgan fingerprint density at radius 1 is 0.469 bits per heavy atom. The zero-order valence-corrected chi connectivity index (χ0v) is 27.3. The standard InChI is InChI=1S/C42H33NO6/c1-47-31-20-14-26(15-21-31)34-35(27-16-22-32(48-2)23-17-27)42(29-12-8-5-9-13-29)37-36(41(34,40(42)46)28-10-6-4-7-11-28)38(44)43(39(37)45)30-18-24-33(49-3)25-19-30/h4-25,36-37H,1-3H3/t36-,37-,41+,42+/m0/s1. The van der Waals surface area contributed by atoms with Crippen molar-refractivity contribution in [3.63, 3.8) is 0 Å². The first-order valence-corrected chi connectivity index (χ1v) is 16.1. The van der Waals surface area contributed by atoms with Crippen LogP contribution in [0.4, 0.5) is 5.69 Å². The molecule has 3 aliphatic rings. The number of nitrogens with zero attached hydrogens (tertiary/aromatic N) is 1. The van der Waals surface area contributed by atoms with E-state index in [1.807, 2.05) is 109 Å². The van der Waals surface area contributed by atoms with Crippen LogP contribution in [0.1, 0.15) is 22.3 Å². The maximum absolute atomic E-state index is 16.0. The van der Waals surface area contributed by atoms with Crippen molar-refractivity contribution in [2.45, 2.75) is 10.8 Å². The summed E-state index contributed by atoms with van der Waals surface area (Å²) in [6.07, 6.45) is 0. The molecule has 0 unspecified atom stereocenters. The predicted octanol–water partition coefficient (Wildman–Crippen LogP) is 6.90. The first kappa shape index (κ1) is 30.4. The van der Waals surface area contributed by atoms with Gasteiger partial charge in [0, 0.05) is 0 Å². The summed E-state index contributed by atoms with van der Waals surface area (Å²) in [4.78, 5) is 47.5. The van der Waals surface area contributed by atoms with Gasteiger partial charge in [0.05, 0.1) is 49.7 Å². The number of carbonyl (C=O) groups excluding carboxylic acids is 3. The lowest BCUT2D eigenvalue weighted by Crippen LogP contribution is -2.45. The number of rotatable bonds is 8. The Kier molecular flexibility index (Phi) is 7.03. The predicted molar refractivity (Wildman–Crippen MR) is 187 cm³/mol. The lowest BCUT2D eigenvalue weighted by atomic mass is 9.59. The monoisotopic (exact) mass is 647 g/mol. The third-order valence-corrected chi connectivity index (χ3v) is 10.5. The highest BCUT2D eigenvalue weighted by molar-refractivity contribution is 6.39. The van der Waals surface area contributed by atoms with Gasteiger partial charge in [0.1, 0.15) is 17.2 Å². The zero-order valence-electron chi connectivity index (χ0n) is 27.3. The van der Waals surface area contributed by atoms with Gasteiger partial charge in [-0.3, -0.25) is 14.4 Å². The van der Waals surface area contributed by atoms with E-state index in [0.29, 0.717) is 45.2 Å². The SMILES string of the molecule is COc1ccc(C2=C(c3ccc(OC)cc3)[C@@]3(c4ccccc4)C(=O)[C@@]2(c2ccccc2)[C@@H]2C(=O)N(c4ccc(OC)cc4)C(=O)[C@H]23)cc1. The molecule has 2 bridgehead atoms. The minimum Gasteiger partial charge on any atom is -0.497 e. The van der Waals surface area contributed by atoms with Gasteiger partial charge >= 0.3 is 0 Å². The van der Waals surface area contributed by atoms with Gasteiger partial charge in [-0.1, -0.05) is 84.9 Å². The highest BCUT2D eigenvalue weighted by Crippen LogP contribution is 2.74.